The van der Waals surface area contributed by atoms with Gasteiger partial charge in [-0.1, -0.05) is 6.92 Å². The Morgan fingerprint density at radius 2 is 2.08 bits per heavy atom. The number of hydrogen-bond acceptors (Lipinski definition) is 2. The molecule has 0 atom stereocenters. The number of rotatable bonds is 5. The van der Waals surface area contributed by atoms with Gasteiger partial charge >= 0.3 is 0 Å². The average Bonchev–Trinajstić information content (AvgIpc) is 1.98. The lowest BCUT2D eigenvalue weighted by molar-refractivity contribution is 0.270. The van der Waals surface area contributed by atoms with E-state index in [1.807, 2.05) is 0 Å². The van der Waals surface area contributed by atoms with Gasteiger partial charge in [0.2, 0.25) is 10.0 Å². The van der Waals surface area contributed by atoms with Crippen LogP contribution in [0.2, 0.25) is 0 Å². The maximum atomic E-state index is 11.3. The van der Waals surface area contributed by atoms with Crippen molar-refractivity contribution in [1.29, 1.82) is 0 Å². The quantitative estimate of drug-likeness (QED) is 0.718. The third-order valence-corrected chi connectivity index (χ3v) is 4.05. The van der Waals surface area contributed by atoms with Gasteiger partial charge in [0.05, 0.1) is 5.75 Å². The lowest BCUT2D eigenvalue weighted by atomic mass is 9.83. The summed E-state index contributed by atoms with van der Waals surface area (Å²) in [6.07, 6.45) is 2.47. The van der Waals surface area contributed by atoms with Crippen molar-refractivity contribution >= 4 is 21.6 Å². The van der Waals surface area contributed by atoms with Gasteiger partial charge in [0.15, 0.2) is 0 Å². The molecular weight excluding hydrogens is 210 g/mol. The molecule has 1 fully saturated rings. The highest BCUT2D eigenvalue weighted by Gasteiger charge is 2.28. The number of hydrogen-bond donors (Lipinski definition) is 1. The van der Waals surface area contributed by atoms with E-state index < -0.39 is 10.0 Å². The molecule has 0 spiro atoms. The van der Waals surface area contributed by atoms with Crippen LogP contribution in [0.5, 0.6) is 0 Å². The molecule has 1 aliphatic rings. The normalized spacial score (nSPS) is 28.5. The van der Waals surface area contributed by atoms with E-state index in [4.69, 9.17) is 11.6 Å². The van der Waals surface area contributed by atoms with Crippen LogP contribution in [0.4, 0.5) is 0 Å². The third kappa shape index (κ3) is 3.83. The Morgan fingerprint density at radius 3 is 2.54 bits per heavy atom. The van der Waals surface area contributed by atoms with Crippen LogP contribution in [0.15, 0.2) is 0 Å². The largest absolute Gasteiger partial charge is 0.212 e. The molecule has 0 radical (unpaired) electrons. The molecule has 0 aromatic rings. The lowest BCUT2D eigenvalue weighted by Gasteiger charge is -2.32. The molecule has 0 aromatic carbocycles. The zero-order chi connectivity index (χ0) is 9.90. The van der Waals surface area contributed by atoms with Crippen molar-refractivity contribution in [2.75, 3.05) is 11.6 Å². The van der Waals surface area contributed by atoms with Crippen LogP contribution in [0, 0.1) is 5.92 Å². The fourth-order valence-electron chi connectivity index (χ4n) is 1.56. The summed E-state index contributed by atoms with van der Waals surface area (Å²) >= 11 is 5.42. The van der Waals surface area contributed by atoms with Gasteiger partial charge < -0.3 is 0 Å². The van der Waals surface area contributed by atoms with E-state index in [2.05, 4.69) is 11.6 Å². The highest BCUT2D eigenvalue weighted by atomic mass is 35.5. The van der Waals surface area contributed by atoms with Gasteiger partial charge in [0, 0.05) is 11.9 Å². The minimum Gasteiger partial charge on any atom is -0.212 e. The van der Waals surface area contributed by atoms with E-state index in [-0.39, 0.29) is 11.8 Å². The molecule has 1 saturated carbocycles. The molecule has 0 saturated heterocycles. The van der Waals surface area contributed by atoms with Gasteiger partial charge in [-0.3, -0.25) is 0 Å². The van der Waals surface area contributed by atoms with Crippen molar-refractivity contribution in [3.63, 3.8) is 0 Å². The summed E-state index contributed by atoms with van der Waals surface area (Å²) < 4.78 is 25.3. The summed E-state index contributed by atoms with van der Waals surface area (Å²) in [4.78, 5) is 0. The minimum atomic E-state index is -3.06. The first-order valence-electron chi connectivity index (χ1n) is 4.59. The molecule has 1 N–H and O–H groups in total. The van der Waals surface area contributed by atoms with Crippen LogP contribution in [-0.2, 0) is 10.0 Å². The molecule has 1 rings (SSSR count). The highest BCUT2D eigenvalue weighted by Crippen LogP contribution is 2.26. The zero-order valence-electron chi connectivity index (χ0n) is 7.79. The van der Waals surface area contributed by atoms with Gasteiger partial charge in [-0.05, 0) is 25.2 Å². The second-order valence-electron chi connectivity index (χ2n) is 3.75. The molecule has 0 bridgehead atoms. The summed E-state index contributed by atoms with van der Waals surface area (Å²) in [6, 6.07) is 0.176. The van der Waals surface area contributed by atoms with Crippen molar-refractivity contribution < 1.29 is 8.42 Å². The molecule has 78 valence electrons. The number of alkyl halides is 1. The maximum Gasteiger partial charge on any atom is 0.211 e. The first-order chi connectivity index (χ1) is 6.03. The van der Waals surface area contributed by atoms with Crippen molar-refractivity contribution in [2.45, 2.75) is 32.2 Å². The molecule has 3 nitrogen and oxygen atoms in total. The van der Waals surface area contributed by atoms with E-state index >= 15 is 0 Å². The lowest BCUT2D eigenvalue weighted by Crippen LogP contribution is -2.44. The minimum absolute atomic E-state index is 0.154. The van der Waals surface area contributed by atoms with Gasteiger partial charge in [-0.2, -0.15) is 0 Å². The molecule has 0 aromatic heterocycles. The predicted octanol–water partition coefficient (Wildman–Crippen LogP) is 1.33. The van der Waals surface area contributed by atoms with Crippen molar-refractivity contribution in [1.82, 2.24) is 4.72 Å². The van der Waals surface area contributed by atoms with Crippen LogP contribution in [0.3, 0.4) is 0 Å². The van der Waals surface area contributed by atoms with Crippen LogP contribution >= 0.6 is 11.6 Å². The van der Waals surface area contributed by atoms with Crippen LogP contribution in [0.25, 0.3) is 0 Å². The number of sulfonamides is 1. The number of halogens is 1. The van der Waals surface area contributed by atoms with Crippen LogP contribution < -0.4 is 4.72 Å². The first-order valence-corrected chi connectivity index (χ1v) is 6.78. The van der Waals surface area contributed by atoms with E-state index in [1.165, 1.54) is 0 Å². The Kier molecular flexibility index (Phi) is 4.01. The summed E-state index contributed by atoms with van der Waals surface area (Å²) in [7, 11) is -3.06. The van der Waals surface area contributed by atoms with E-state index in [9.17, 15) is 8.42 Å². The topological polar surface area (TPSA) is 46.2 Å². The third-order valence-electron chi connectivity index (χ3n) is 2.27. The summed E-state index contributed by atoms with van der Waals surface area (Å²) in [5, 5.41) is 0. The summed E-state index contributed by atoms with van der Waals surface area (Å²) in [5.41, 5.74) is 0. The molecule has 0 unspecified atom stereocenters. The standard InChI is InChI=1S/C8H16ClNO2S/c1-7-5-8(6-7)10-13(11,12)4-2-3-9/h7-8,10H,2-6H2,1H3. The van der Waals surface area contributed by atoms with Gasteiger partial charge in [0.25, 0.3) is 0 Å². The molecule has 5 heteroatoms. The summed E-state index contributed by atoms with van der Waals surface area (Å²) in [6.45, 7) is 2.13. The van der Waals surface area contributed by atoms with Gasteiger partial charge in [0.1, 0.15) is 0 Å². The van der Waals surface area contributed by atoms with Crippen molar-refractivity contribution in [3.8, 4) is 0 Å². The van der Waals surface area contributed by atoms with E-state index in [0.29, 0.717) is 18.2 Å². The van der Waals surface area contributed by atoms with Gasteiger partial charge in [-0.15, -0.1) is 11.6 Å². The Bertz CT molecular complexity index is 247. The van der Waals surface area contributed by atoms with E-state index in [0.717, 1.165) is 12.8 Å². The Hall–Kier alpha value is 0.200. The SMILES string of the molecule is CC1CC(NS(=O)(=O)CCCCl)C1. The van der Waals surface area contributed by atoms with Gasteiger partial charge in [-0.25, -0.2) is 13.1 Å². The fourth-order valence-corrected chi connectivity index (χ4v) is 3.19. The molecule has 0 amide bonds. The van der Waals surface area contributed by atoms with Crippen LogP contribution in [0.1, 0.15) is 26.2 Å². The molecule has 0 aliphatic heterocycles. The Balaban J connectivity index is 2.26. The predicted molar refractivity (Wildman–Crippen MR) is 54.4 cm³/mol. The average molecular weight is 226 g/mol. The summed E-state index contributed by atoms with van der Waals surface area (Å²) in [5.74, 6) is 1.23. The second-order valence-corrected chi connectivity index (χ2v) is 6.00. The Labute approximate surface area is 84.9 Å². The zero-order valence-corrected chi connectivity index (χ0v) is 9.37. The van der Waals surface area contributed by atoms with E-state index in [1.54, 1.807) is 0 Å². The second kappa shape index (κ2) is 4.62. The number of nitrogens with one attached hydrogen (secondary N) is 1. The molecular formula is C8H16ClNO2S. The smallest absolute Gasteiger partial charge is 0.211 e. The molecule has 1 aliphatic carbocycles. The maximum absolute atomic E-state index is 11.3. The van der Waals surface area contributed by atoms with Crippen molar-refractivity contribution in [2.24, 2.45) is 5.92 Å². The fraction of sp³-hybridized carbons (Fsp3) is 1.00. The van der Waals surface area contributed by atoms with Crippen molar-refractivity contribution in [3.05, 3.63) is 0 Å². The first kappa shape index (κ1) is 11.3. The molecule has 0 heterocycles. The molecule has 13 heavy (non-hydrogen) atoms. The van der Waals surface area contributed by atoms with Crippen LogP contribution in [-0.4, -0.2) is 26.1 Å². The Morgan fingerprint density at radius 1 is 1.46 bits per heavy atom. The monoisotopic (exact) mass is 225 g/mol. The highest BCUT2D eigenvalue weighted by molar-refractivity contribution is 7.89.